The Morgan fingerprint density at radius 1 is 0.837 bits per heavy atom. The smallest absolute Gasteiger partial charge is 0.311 e. The number of aliphatic hydroxyl groups excluding tert-OH is 1. The molecule has 270 valence electrons. The van der Waals surface area contributed by atoms with Crippen molar-refractivity contribution in [3.05, 3.63) is 61.2 Å². The Labute approximate surface area is 301 Å². The summed E-state index contributed by atoms with van der Waals surface area (Å²) in [4.78, 5) is 39.0. The number of epoxide rings is 1. The van der Waals surface area contributed by atoms with Crippen LogP contribution in [0.15, 0.2) is 48.5 Å². The van der Waals surface area contributed by atoms with Gasteiger partial charge in [0.25, 0.3) is 0 Å². The topological polar surface area (TPSA) is 121 Å². The van der Waals surface area contributed by atoms with Crippen molar-refractivity contribution in [2.24, 2.45) is 22.7 Å². The Kier molecular flexibility index (Phi) is 12.7. The molecule has 0 spiro atoms. The number of carbonyl (C=O) groups is 3. The molecule has 0 radical (unpaired) electrons. The fourth-order valence-corrected chi connectivity index (χ4v) is 9.09. The molecule has 7 atom stereocenters. The zero-order chi connectivity index (χ0) is 35.2. The summed E-state index contributed by atoms with van der Waals surface area (Å²) in [5, 5.41) is 10.8. The average Bonchev–Trinajstić information content (AvgIpc) is 3.87. The monoisotopic (exact) mass is 791 g/mol. The molecule has 1 N–H and O–H groups in total. The Hall–Kier alpha value is -2.70. The van der Waals surface area contributed by atoms with Gasteiger partial charge in [0, 0.05) is 0 Å². The number of halogens is 1. The number of aryl methyl sites for hydroxylation is 1. The minimum absolute atomic E-state index is 0.0600. The standard InChI is InChI=1S/C39H52IO9/c1-6-39(5,37(44)47-22-27-10-18-33-34(20-27)48-33)24-38(3,4)36(43)46-21-26-9-17-32(31(41)19-26)49-35(42)23-45-30-15-13-29(14-16-30)40-28-11-7-25(2)8-12-28/h7-8,11-16,26-27,31-34,41H,6,9-10,17-24H2,1-5H3/q-1. The number of ether oxygens (including phenoxy) is 5. The van der Waals surface area contributed by atoms with Gasteiger partial charge in [0.1, 0.15) is 0 Å². The van der Waals surface area contributed by atoms with Gasteiger partial charge in [-0.3, -0.25) is 9.59 Å². The Morgan fingerprint density at radius 3 is 2.08 bits per heavy atom. The fourth-order valence-electron chi connectivity index (χ4n) is 6.94. The van der Waals surface area contributed by atoms with E-state index < -0.39 is 29.0 Å². The normalized spacial score (nSPS) is 26.2. The minimum atomic E-state index is -0.905. The van der Waals surface area contributed by atoms with Gasteiger partial charge < -0.3 is 14.2 Å². The van der Waals surface area contributed by atoms with Crippen LogP contribution in [0.25, 0.3) is 0 Å². The van der Waals surface area contributed by atoms with Gasteiger partial charge >= 0.3 is 176 Å². The third kappa shape index (κ3) is 10.7. The maximum Gasteiger partial charge on any atom is 0.311 e. The second kappa shape index (κ2) is 16.5. The molecule has 3 fully saturated rings. The maximum absolute atomic E-state index is 13.2. The number of benzene rings is 2. The molecule has 1 saturated heterocycles. The molecule has 9 nitrogen and oxygen atoms in total. The van der Waals surface area contributed by atoms with Gasteiger partial charge in [-0.05, 0) is 58.8 Å². The van der Waals surface area contributed by atoms with Crippen LogP contribution < -0.4 is 25.9 Å². The van der Waals surface area contributed by atoms with E-state index in [1.807, 2.05) is 38.1 Å². The number of hydrogen-bond acceptors (Lipinski definition) is 9. The summed E-state index contributed by atoms with van der Waals surface area (Å²) < 4.78 is 30.9. The molecule has 7 unspecified atom stereocenters. The van der Waals surface area contributed by atoms with Crippen LogP contribution in [0.2, 0.25) is 0 Å². The summed E-state index contributed by atoms with van der Waals surface area (Å²) in [6, 6.07) is 16.4. The fraction of sp³-hybridized carbons (Fsp3) is 0.615. The molecule has 49 heavy (non-hydrogen) atoms. The molecule has 1 aliphatic heterocycles. The van der Waals surface area contributed by atoms with Gasteiger partial charge in [-0.2, -0.15) is 0 Å². The van der Waals surface area contributed by atoms with E-state index in [-0.39, 0.29) is 52.3 Å². The van der Waals surface area contributed by atoms with E-state index in [1.54, 1.807) is 13.8 Å². The molecule has 10 heteroatoms. The zero-order valence-corrected chi connectivity index (χ0v) is 31.6. The van der Waals surface area contributed by atoms with E-state index in [0.29, 0.717) is 62.6 Å². The predicted octanol–water partition coefficient (Wildman–Crippen LogP) is 3.06. The SMILES string of the molecule is CCC(C)(CC(C)(C)C(=O)OCC1CCC(OC(=O)COc2ccc([I-]c3ccc(C)cc3)cc2)C(O)C1)C(=O)OCC1CCC2OC2C1. The van der Waals surface area contributed by atoms with E-state index in [9.17, 15) is 19.5 Å². The molecule has 0 aromatic heterocycles. The second-order valence-electron chi connectivity index (χ2n) is 15.0. The number of aliphatic hydroxyl groups is 1. The first-order valence-electron chi connectivity index (χ1n) is 17.7. The molecular formula is C39H52IO9-. The quantitative estimate of drug-likeness (QED) is 0.126. The van der Waals surface area contributed by atoms with Crippen molar-refractivity contribution in [1.82, 2.24) is 0 Å². The third-order valence-electron chi connectivity index (χ3n) is 10.2. The van der Waals surface area contributed by atoms with Gasteiger partial charge in [-0.25, -0.2) is 0 Å². The van der Waals surface area contributed by atoms with Crippen LogP contribution in [0.1, 0.15) is 84.6 Å². The van der Waals surface area contributed by atoms with Crippen LogP contribution in [0.5, 0.6) is 5.75 Å². The van der Waals surface area contributed by atoms with E-state index in [2.05, 4.69) is 31.2 Å². The van der Waals surface area contributed by atoms with Crippen LogP contribution >= 0.6 is 0 Å². The molecule has 1 heterocycles. The molecule has 0 amide bonds. The van der Waals surface area contributed by atoms with Crippen LogP contribution in [0.4, 0.5) is 0 Å². The molecule has 2 saturated carbocycles. The van der Waals surface area contributed by atoms with Crippen LogP contribution in [-0.2, 0) is 33.3 Å². The summed E-state index contributed by atoms with van der Waals surface area (Å²) in [6.07, 6.45) is 4.53. The third-order valence-corrected chi connectivity index (χ3v) is 12.9. The Morgan fingerprint density at radius 2 is 1.45 bits per heavy atom. The first kappa shape index (κ1) is 37.6. The van der Waals surface area contributed by atoms with Crippen molar-refractivity contribution < 1.29 is 64.4 Å². The first-order valence-corrected chi connectivity index (χ1v) is 19.8. The van der Waals surface area contributed by atoms with Gasteiger partial charge in [0.15, 0.2) is 0 Å². The number of rotatable bonds is 15. The molecule has 5 rings (SSSR count). The van der Waals surface area contributed by atoms with E-state index in [4.69, 9.17) is 23.7 Å². The van der Waals surface area contributed by atoms with Crippen molar-refractivity contribution >= 4 is 17.9 Å². The van der Waals surface area contributed by atoms with E-state index in [1.165, 1.54) is 12.7 Å². The van der Waals surface area contributed by atoms with Crippen molar-refractivity contribution in [3.63, 3.8) is 0 Å². The van der Waals surface area contributed by atoms with Crippen molar-refractivity contribution in [2.45, 2.75) is 110 Å². The second-order valence-corrected chi connectivity index (χ2v) is 18.0. The largest absolute Gasteiger partial charge is 0.465 e. The number of fused-ring (bicyclic) bond motifs is 1. The van der Waals surface area contributed by atoms with Crippen molar-refractivity contribution in [3.8, 4) is 5.75 Å². The molecule has 0 bridgehead atoms. The molecule has 2 aromatic rings. The summed E-state index contributed by atoms with van der Waals surface area (Å²) in [6.45, 7) is 9.79. The van der Waals surface area contributed by atoms with Crippen molar-refractivity contribution in [1.29, 1.82) is 0 Å². The average molecular weight is 792 g/mol. The summed E-state index contributed by atoms with van der Waals surface area (Å²) in [5.74, 6) is -0.333. The van der Waals surface area contributed by atoms with Crippen LogP contribution in [0.3, 0.4) is 0 Å². The molecule has 2 aliphatic carbocycles. The predicted molar refractivity (Wildman–Crippen MR) is 178 cm³/mol. The van der Waals surface area contributed by atoms with E-state index in [0.717, 1.165) is 19.3 Å². The van der Waals surface area contributed by atoms with E-state index >= 15 is 0 Å². The van der Waals surface area contributed by atoms with Gasteiger partial charge in [-0.15, -0.1) is 0 Å². The summed E-state index contributed by atoms with van der Waals surface area (Å²) >= 11 is -0.290. The number of hydrogen-bond donors (Lipinski definition) is 1. The number of carbonyl (C=O) groups excluding carboxylic acids is 3. The first-order chi connectivity index (χ1) is 23.3. The van der Waals surface area contributed by atoms with Gasteiger partial charge in [0.2, 0.25) is 0 Å². The van der Waals surface area contributed by atoms with Crippen LogP contribution in [0, 0.1) is 36.7 Å². The zero-order valence-electron chi connectivity index (χ0n) is 29.5. The molecule has 2 aromatic carbocycles. The van der Waals surface area contributed by atoms with Crippen molar-refractivity contribution in [2.75, 3.05) is 19.8 Å². The maximum atomic E-state index is 13.2. The van der Waals surface area contributed by atoms with Gasteiger partial charge in [0.05, 0.1) is 36.3 Å². The summed E-state index contributed by atoms with van der Waals surface area (Å²) in [7, 11) is 0. The molecular weight excluding hydrogens is 739 g/mol. The Balaban J connectivity index is 0.995. The summed E-state index contributed by atoms with van der Waals surface area (Å²) in [5.41, 5.74) is -0.475. The Bertz CT molecular complexity index is 1420. The molecule has 3 aliphatic rings. The van der Waals surface area contributed by atoms with Gasteiger partial charge in [-0.1, -0.05) is 6.92 Å². The minimum Gasteiger partial charge on any atom is -0.465 e. The number of esters is 3. The van der Waals surface area contributed by atoms with Crippen LogP contribution in [-0.4, -0.2) is 67.3 Å².